The Morgan fingerprint density at radius 3 is 2.21 bits per heavy atom. The molecule has 0 heterocycles. The maximum atomic E-state index is 14.1. The predicted molar refractivity (Wildman–Crippen MR) is 69.3 cm³/mol. The third kappa shape index (κ3) is 2.31. The summed E-state index contributed by atoms with van der Waals surface area (Å²) < 4.78 is 37.8. The first-order chi connectivity index (χ1) is 9.08. The fraction of sp³-hybridized carbons (Fsp3) is 0.143. The largest absolute Gasteiger partial charge is 0.497 e. The fourth-order valence-corrected chi connectivity index (χ4v) is 1.80. The van der Waals surface area contributed by atoms with Crippen LogP contribution in [0.5, 0.6) is 11.5 Å². The number of rotatable bonds is 3. The molecular weight excluding hydrogens is 252 g/mol. The topological polar surface area (TPSA) is 44.5 Å². The van der Waals surface area contributed by atoms with Gasteiger partial charge in [-0.15, -0.1) is 0 Å². The Labute approximate surface area is 109 Å². The molecule has 2 aromatic carbocycles. The average Bonchev–Trinajstić information content (AvgIpc) is 2.42. The lowest BCUT2D eigenvalue weighted by Gasteiger charge is -2.11. The Morgan fingerprint density at radius 1 is 0.947 bits per heavy atom. The molecule has 0 aliphatic carbocycles. The first-order valence-corrected chi connectivity index (χ1v) is 5.54. The highest BCUT2D eigenvalue weighted by Crippen LogP contribution is 2.34. The van der Waals surface area contributed by atoms with Gasteiger partial charge < -0.3 is 15.2 Å². The van der Waals surface area contributed by atoms with Gasteiger partial charge in [0.15, 0.2) is 5.82 Å². The molecule has 0 saturated carbocycles. The summed E-state index contributed by atoms with van der Waals surface area (Å²) in [7, 11) is 2.82. The molecule has 0 aliphatic rings. The zero-order chi connectivity index (χ0) is 14.0. The molecule has 5 heteroatoms. The number of benzene rings is 2. The Balaban J connectivity index is 2.56. The van der Waals surface area contributed by atoms with Gasteiger partial charge in [-0.25, -0.2) is 8.78 Å². The number of hydrogen-bond donors (Lipinski definition) is 1. The van der Waals surface area contributed by atoms with Crippen LogP contribution in [0.15, 0.2) is 30.3 Å². The van der Waals surface area contributed by atoms with E-state index in [0.29, 0.717) is 5.75 Å². The van der Waals surface area contributed by atoms with E-state index in [9.17, 15) is 8.78 Å². The summed E-state index contributed by atoms with van der Waals surface area (Å²) in [6.45, 7) is 0. The summed E-state index contributed by atoms with van der Waals surface area (Å²) in [6, 6.07) is 7.11. The number of methoxy groups -OCH3 is 2. The monoisotopic (exact) mass is 265 g/mol. The highest BCUT2D eigenvalue weighted by molar-refractivity contribution is 5.72. The molecule has 0 amide bonds. The second-order valence-corrected chi connectivity index (χ2v) is 3.89. The lowest BCUT2D eigenvalue weighted by Crippen LogP contribution is -1.99. The third-order valence-electron chi connectivity index (χ3n) is 2.83. The van der Waals surface area contributed by atoms with Crippen LogP contribution in [0.4, 0.5) is 14.5 Å². The number of hydrogen-bond acceptors (Lipinski definition) is 3. The molecular formula is C14H13F2NO2. The van der Waals surface area contributed by atoms with Gasteiger partial charge in [0.2, 0.25) is 0 Å². The molecule has 2 rings (SSSR count). The molecule has 19 heavy (non-hydrogen) atoms. The molecule has 0 atom stereocenters. The van der Waals surface area contributed by atoms with Gasteiger partial charge in [-0.1, -0.05) is 0 Å². The SMILES string of the molecule is COc1ccc(-c2ccc(OC)c(N)c2F)c(F)c1. The quantitative estimate of drug-likeness (QED) is 0.866. The van der Waals surface area contributed by atoms with Gasteiger partial charge in [0.25, 0.3) is 0 Å². The van der Waals surface area contributed by atoms with E-state index in [2.05, 4.69) is 0 Å². The van der Waals surface area contributed by atoms with Crippen molar-refractivity contribution in [3.8, 4) is 22.6 Å². The average molecular weight is 265 g/mol. The minimum absolute atomic E-state index is 0.0819. The third-order valence-corrected chi connectivity index (χ3v) is 2.83. The van der Waals surface area contributed by atoms with Gasteiger partial charge >= 0.3 is 0 Å². The molecule has 0 spiro atoms. The Bertz CT molecular complexity index is 615. The zero-order valence-corrected chi connectivity index (χ0v) is 10.5. The van der Waals surface area contributed by atoms with Crippen molar-refractivity contribution >= 4 is 5.69 Å². The maximum Gasteiger partial charge on any atom is 0.157 e. The molecule has 2 N–H and O–H groups in total. The van der Waals surface area contributed by atoms with Gasteiger partial charge in [-0.05, 0) is 24.3 Å². The standard InChI is InChI=1S/C14H13F2NO2/c1-18-8-3-4-9(11(15)7-8)10-5-6-12(19-2)14(17)13(10)16/h3-7H,17H2,1-2H3. The van der Waals surface area contributed by atoms with E-state index in [0.717, 1.165) is 0 Å². The molecule has 0 saturated heterocycles. The van der Waals surface area contributed by atoms with Gasteiger partial charge in [-0.2, -0.15) is 0 Å². The van der Waals surface area contributed by atoms with Crippen LogP contribution in [-0.4, -0.2) is 14.2 Å². The number of nitrogens with two attached hydrogens (primary N) is 1. The normalized spacial score (nSPS) is 10.3. The molecule has 3 nitrogen and oxygen atoms in total. The summed E-state index contributed by atoms with van der Waals surface area (Å²) in [5.41, 5.74) is 5.65. The van der Waals surface area contributed by atoms with Crippen molar-refractivity contribution in [2.75, 3.05) is 20.0 Å². The highest BCUT2D eigenvalue weighted by Gasteiger charge is 2.16. The van der Waals surface area contributed by atoms with Crippen LogP contribution in [0.2, 0.25) is 0 Å². The van der Waals surface area contributed by atoms with Crippen LogP contribution in [0.3, 0.4) is 0 Å². The smallest absolute Gasteiger partial charge is 0.157 e. The van der Waals surface area contributed by atoms with Gasteiger partial charge in [-0.3, -0.25) is 0 Å². The number of nitrogen functional groups attached to an aromatic ring is 1. The van der Waals surface area contributed by atoms with E-state index in [1.54, 1.807) is 6.07 Å². The lowest BCUT2D eigenvalue weighted by atomic mass is 10.0. The van der Waals surface area contributed by atoms with Crippen molar-refractivity contribution in [1.82, 2.24) is 0 Å². The Morgan fingerprint density at radius 2 is 1.63 bits per heavy atom. The van der Waals surface area contributed by atoms with Crippen LogP contribution >= 0.6 is 0 Å². The molecule has 0 bridgehead atoms. The predicted octanol–water partition coefficient (Wildman–Crippen LogP) is 3.23. The van der Waals surface area contributed by atoms with Crippen molar-refractivity contribution in [3.63, 3.8) is 0 Å². The van der Waals surface area contributed by atoms with E-state index in [1.165, 1.54) is 38.5 Å². The lowest BCUT2D eigenvalue weighted by molar-refractivity contribution is 0.411. The van der Waals surface area contributed by atoms with Crippen molar-refractivity contribution in [3.05, 3.63) is 42.0 Å². The van der Waals surface area contributed by atoms with Crippen LogP contribution in [-0.2, 0) is 0 Å². The first-order valence-electron chi connectivity index (χ1n) is 5.54. The van der Waals surface area contributed by atoms with E-state index in [1.807, 2.05) is 0 Å². The number of ether oxygens (including phenoxy) is 2. The zero-order valence-electron chi connectivity index (χ0n) is 10.5. The van der Waals surface area contributed by atoms with Gasteiger partial charge in [0.05, 0.1) is 14.2 Å². The number of halogens is 2. The molecule has 0 radical (unpaired) electrons. The van der Waals surface area contributed by atoms with Crippen molar-refractivity contribution in [2.24, 2.45) is 0 Å². The Kier molecular flexibility index (Phi) is 3.55. The number of anilines is 1. The molecule has 0 fully saturated rings. The van der Waals surface area contributed by atoms with Crippen molar-refractivity contribution in [1.29, 1.82) is 0 Å². The molecule has 2 aromatic rings. The summed E-state index contributed by atoms with van der Waals surface area (Å²) >= 11 is 0. The summed E-state index contributed by atoms with van der Waals surface area (Å²) in [4.78, 5) is 0. The van der Waals surface area contributed by atoms with E-state index < -0.39 is 11.6 Å². The van der Waals surface area contributed by atoms with E-state index in [-0.39, 0.29) is 22.6 Å². The fourth-order valence-electron chi connectivity index (χ4n) is 1.80. The van der Waals surface area contributed by atoms with Crippen molar-refractivity contribution < 1.29 is 18.3 Å². The summed E-state index contributed by atoms with van der Waals surface area (Å²) in [5, 5.41) is 0. The van der Waals surface area contributed by atoms with E-state index in [4.69, 9.17) is 15.2 Å². The van der Waals surface area contributed by atoms with Crippen molar-refractivity contribution in [2.45, 2.75) is 0 Å². The second-order valence-electron chi connectivity index (χ2n) is 3.89. The maximum absolute atomic E-state index is 14.1. The van der Waals surface area contributed by atoms with Crippen LogP contribution in [0.25, 0.3) is 11.1 Å². The highest BCUT2D eigenvalue weighted by atomic mass is 19.1. The molecule has 0 unspecified atom stereocenters. The molecule has 100 valence electrons. The van der Waals surface area contributed by atoms with Gasteiger partial charge in [0.1, 0.15) is 23.0 Å². The van der Waals surface area contributed by atoms with Crippen LogP contribution in [0.1, 0.15) is 0 Å². The minimum Gasteiger partial charge on any atom is -0.497 e. The minimum atomic E-state index is -0.705. The Hall–Kier alpha value is -2.30. The summed E-state index contributed by atoms with van der Waals surface area (Å²) in [5.74, 6) is -0.704. The van der Waals surface area contributed by atoms with Crippen LogP contribution < -0.4 is 15.2 Å². The summed E-state index contributed by atoms with van der Waals surface area (Å²) in [6.07, 6.45) is 0. The van der Waals surface area contributed by atoms with E-state index >= 15 is 0 Å². The molecule has 0 aromatic heterocycles. The van der Waals surface area contributed by atoms with Gasteiger partial charge in [0, 0.05) is 17.2 Å². The first kappa shape index (κ1) is 13.1. The van der Waals surface area contributed by atoms with Crippen LogP contribution in [0, 0.1) is 11.6 Å². The molecule has 0 aliphatic heterocycles. The second kappa shape index (κ2) is 5.14.